The molecule has 2 atom stereocenters. The van der Waals surface area contributed by atoms with Gasteiger partial charge < -0.3 is 14.9 Å². The Morgan fingerprint density at radius 1 is 0.808 bits per heavy atom. The Hall–Kier alpha value is -1.10. The number of methoxy groups -OCH3 is 1. The second-order valence-corrected chi connectivity index (χ2v) is 8.50. The molecule has 0 spiro atoms. The lowest BCUT2D eigenvalue weighted by atomic mass is 9.78. The smallest absolute Gasteiger partial charge is 0.306 e. The van der Waals surface area contributed by atoms with Crippen LogP contribution >= 0.6 is 0 Å². The van der Waals surface area contributed by atoms with Crippen molar-refractivity contribution in [2.24, 2.45) is 23.7 Å². The Balaban J connectivity index is 1.81. The van der Waals surface area contributed by atoms with Gasteiger partial charge in [0.2, 0.25) is 0 Å². The Bertz CT molecular complexity index is 436. The number of rotatable bonds is 10. The van der Waals surface area contributed by atoms with Crippen LogP contribution in [0.15, 0.2) is 0 Å². The quantitative estimate of drug-likeness (QED) is 0.582. The molecule has 2 fully saturated rings. The van der Waals surface area contributed by atoms with Gasteiger partial charge in [-0.25, -0.2) is 0 Å². The fraction of sp³-hybridized carbons (Fsp3) is 0.905. The van der Waals surface area contributed by atoms with Gasteiger partial charge in [0.15, 0.2) is 0 Å². The molecule has 0 bridgehead atoms. The molecule has 2 aliphatic carbocycles. The lowest BCUT2D eigenvalue weighted by Gasteiger charge is -2.29. The monoisotopic (exact) mass is 368 g/mol. The Morgan fingerprint density at radius 2 is 1.27 bits per heavy atom. The molecule has 0 aliphatic heterocycles. The molecule has 0 amide bonds. The molecular formula is C21H36O5. The second-order valence-electron chi connectivity index (χ2n) is 8.50. The van der Waals surface area contributed by atoms with Crippen LogP contribution in [-0.4, -0.2) is 35.4 Å². The first-order valence-corrected chi connectivity index (χ1v) is 10.5. The number of carboxylic acids is 2. The van der Waals surface area contributed by atoms with Crippen LogP contribution in [0.4, 0.5) is 0 Å². The van der Waals surface area contributed by atoms with Gasteiger partial charge in [-0.05, 0) is 63.2 Å². The first-order chi connectivity index (χ1) is 12.5. The predicted octanol–water partition coefficient (Wildman–Crippen LogP) is 4.73. The van der Waals surface area contributed by atoms with E-state index in [1.807, 2.05) is 0 Å². The van der Waals surface area contributed by atoms with Crippen molar-refractivity contribution in [1.82, 2.24) is 0 Å². The number of carbonyl (C=O) groups is 2. The third kappa shape index (κ3) is 6.90. The summed E-state index contributed by atoms with van der Waals surface area (Å²) in [5.74, 6) is -1.36. The van der Waals surface area contributed by atoms with Crippen LogP contribution in [0.5, 0.6) is 0 Å². The molecule has 0 aromatic rings. The maximum absolute atomic E-state index is 11.7. The molecule has 0 heterocycles. The first kappa shape index (κ1) is 21.2. The van der Waals surface area contributed by atoms with E-state index in [4.69, 9.17) is 4.74 Å². The van der Waals surface area contributed by atoms with Gasteiger partial charge in [0, 0.05) is 7.11 Å². The molecule has 0 aromatic heterocycles. The summed E-state index contributed by atoms with van der Waals surface area (Å²) in [6.07, 6.45) is 12.7. The van der Waals surface area contributed by atoms with Crippen LogP contribution < -0.4 is 0 Å². The van der Waals surface area contributed by atoms with E-state index in [1.165, 1.54) is 19.3 Å². The van der Waals surface area contributed by atoms with Crippen molar-refractivity contribution in [3.63, 3.8) is 0 Å². The largest absolute Gasteiger partial charge is 0.481 e. The molecular weight excluding hydrogens is 332 g/mol. The maximum Gasteiger partial charge on any atom is 0.306 e. The third-order valence-electron chi connectivity index (χ3n) is 6.65. The van der Waals surface area contributed by atoms with Crippen LogP contribution in [0.25, 0.3) is 0 Å². The topological polar surface area (TPSA) is 83.8 Å². The van der Waals surface area contributed by atoms with E-state index in [2.05, 4.69) is 0 Å². The fourth-order valence-corrected chi connectivity index (χ4v) is 4.92. The summed E-state index contributed by atoms with van der Waals surface area (Å²) >= 11 is 0. The minimum Gasteiger partial charge on any atom is -0.481 e. The van der Waals surface area contributed by atoms with Crippen LogP contribution in [-0.2, 0) is 14.3 Å². The molecule has 5 heteroatoms. The highest BCUT2D eigenvalue weighted by Gasteiger charge is 2.29. The van der Waals surface area contributed by atoms with Crippen molar-refractivity contribution in [1.29, 1.82) is 0 Å². The van der Waals surface area contributed by atoms with E-state index in [9.17, 15) is 19.8 Å². The first-order valence-electron chi connectivity index (χ1n) is 10.5. The maximum atomic E-state index is 11.7. The fourth-order valence-electron chi connectivity index (χ4n) is 4.92. The van der Waals surface area contributed by atoms with Gasteiger partial charge in [0.05, 0.1) is 17.9 Å². The molecule has 0 radical (unpaired) electrons. The summed E-state index contributed by atoms with van der Waals surface area (Å²) in [7, 11) is 1.74. The normalized spacial score (nSPS) is 27.0. The molecule has 2 N–H and O–H groups in total. The standard InChI is InChI=1S/C21H36O5/c1-26-19-11-7-16(8-12-19)14-18(21(24)25)10-9-17(20(22)23)13-15-5-3-2-4-6-15/h15-19H,2-14H2,1H3,(H,22,23)(H,24,25)/t16?,17-,18-,19?/m1/s1. The Labute approximate surface area is 157 Å². The van der Waals surface area contributed by atoms with Crippen molar-refractivity contribution < 1.29 is 24.5 Å². The zero-order valence-corrected chi connectivity index (χ0v) is 16.2. The molecule has 2 saturated carbocycles. The number of carboxylic acid groups (broad SMARTS) is 2. The zero-order chi connectivity index (χ0) is 18.9. The summed E-state index contributed by atoms with van der Waals surface area (Å²) in [6.45, 7) is 0. The highest BCUT2D eigenvalue weighted by molar-refractivity contribution is 5.71. The number of hydrogen-bond acceptors (Lipinski definition) is 3. The number of aliphatic carboxylic acids is 2. The summed E-state index contributed by atoms with van der Waals surface area (Å²) in [5, 5.41) is 19.2. The average Bonchev–Trinajstić information content (AvgIpc) is 2.64. The average molecular weight is 369 g/mol. The lowest BCUT2D eigenvalue weighted by molar-refractivity contribution is -0.146. The predicted molar refractivity (Wildman–Crippen MR) is 100 cm³/mol. The van der Waals surface area contributed by atoms with Crippen LogP contribution in [0.2, 0.25) is 0 Å². The highest BCUT2D eigenvalue weighted by atomic mass is 16.5. The van der Waals surface area contributed by atoms with Crippen molar-refractivity contribution in [2.75, 3.05) is 7.11 Å². The summed E-state index contributed by atoms with van der Waals surface area (Å²) in [5.41, 5.74) is 0. The summed E-state index contributed by atoms with van der Waals surface area (Å²) < 4.78 is 5.39. The molecule has 150 valence electrons. The van der Waals surface area contributed by atoms with E-state index in [1.54, 1.807) is 7.11 Å². The molecule has 2 rings (SSSR count). The molecule has 26 heavy (non-hydrogen) atoms. The SMILES string of the molecule is COC1CCC(C[C@@H](CC[C@H](CC2CCCCC2)C(=O)O)C(=O)O)CC1. The van der Waals surface area contributed by atoms with Gasteiger partial charge in [-0.15, -0.1) is 0 Å². The minimum atomic E-state index is -0.763. The Morgan fingerprint density at radius 3 is 1.69 bits per heavy atom. The van der Waals surface area contributed by atoms with E-state index < -0.39 is 17.9 Å². The molecule has 0 unspecified atom stereocenters. The van der Waals surface area contributed by atoms with Crippen molar-refractivity contribution in [2.45, 2.75) is 89.6 Å². The van der Waals surface area contributed by atoms with Crippen LogP contribution in [0.3, 0.4) is 0 Å². The number of ether oxygens (including phenoxy) is 1. The van der Waals surface area contributed by atoms with E-state index in [0.717, 1.165) is 44.9 Å². The van der Waals surface area contributed by atoms with Crippen molar-refractivity contribution in [3.8, 4) is 0 Å². The minimum absolute atomic E-state index is 0.321. The molecule has 0 aromatic carbocycles. The molecule has 0 saturated heterocycles. The highest BCUT2D eigenvalue weighted by Crippen LogP contribution is 2.34. The summed E-state index contributed by atoms with van der Waals surface area (Å²) in [4.78, 5) is 23.3. The molecule has 2 aliphatic rings. The van der Waals surface area contributed by atoms with Gasteiger partial charge >= 0.3 is 11.9 Å². The lowest BCUT2D eigenvalue weighted by Crippen LogP contribution is -2.26. The second kappa shape index (κ2) is 10.9. The van der Waals surface area contributed by atoms with Gasteiger partial charge in [0.1, 0.15) is 0 Å². The third-order valence-corrected chi connectivity index (χ3v) is 6.65. The van der Waals surface area contributed by atoms with E-state index in [0.29, 0.717) is 37.2 Å². The van der Waals surface area contributed by atoms with Gasteiger partial charge in [-0.3, -0.25) is 9.59 Å². The number of hydrogen-bond donors (Lipinski definition) is 2. The molecule has 5 nitrogen and oxygen atoms in total. The van der Waals surface area contributed by atoms with E-state index >= 15 is 0 Å². The van der Waals surface area contributed by atoms with Crippen LogP contribution in [0.1, 0.15) is 83.5 Å². The van der Waals surface area contributed by atoms with E-state index in [-0.39, 0.29) is 5.92 Å². The van der Waals surface area contributed by atoms with Crippen molar-refractivity contribution in [3.05, 3.63) is 0 Å². The van der Waals surface area contributed by atoms with Crippen molar-refractivity contribution >= 4 is 11.9 Å². The van der Waals surface area contributed by atoms with Gasteiger partial charge in [-0.1, -0.05) is 32.1 Å². The zero-order valence-electron chi connectivity index (χ0n) is 16.2. The van der Waals surface area contributed by atoms with Gasteiger partial charge in [-0.2, -0.15) is 0 Å². The summed E-state index contributed by atoms with van der Waals surface area (Å²) in [6, 6.07) is 0. The van der Waals surface area contributed by atoms with Crippen LogP contribution in [0, 0.1) is 23.7 Å². The van der Waals surface area contributed by atoms with Gasteiger partial charge in [0.25, 0.3) is 0 Å². The Kier molecular flexibility index (Phi) is 8.89.